The molecule has 0 saturated carbocycles. The second-order valence-electron chi connectivity index (χ2n) is 3.13. The molecule has 0 aromatic heterocycles. The number of anilines is 1. The second kappa shape index (κ2) is 3.66. The highest BCUT2D eigenvalue weighted by Crippen LogP contribution is 2.26. The summed E-state index contributed by atoms with van der Waals surface area (Å²) in [5.41, 5.74) is 7.93. The molecule has 0 bridgehead atoms. The van der Waals surface area contributed by atoms with Crippen LogP contribution in [0.25, 0.3) is 0 Å². The van der Waals surface area contributed by atoms with Gasteiger partial charge in [-0.1, -0.05) is 6.07 Å². The van der Waals surface area contributed by atoms with Gasteiger partial charge >= 0.3 is 0 Å². The van der Waals surface area contributed by atoms with E-state index in [9.17, 15) is 0 Å². The molecule has 0 saturated heterocycles. The lowest BCUT2D eigenvalue weighted by Gasteiger charge is -2.06. The fraction of sp³-hybridized carbons (Fsp3) is 0.400. The zero-order valence-electron chi connectivity index (χ0n) is 7.55. The number of hydrogen-bond acceptors (Lipinski definition) is 3. The Morgan fingerprint density at radius 3 is 3.23 bits per heavy atom. The summed E-state index contributed by atoms with van der Waals surface area (Å²) in [6, 6.07) is 6.15. The minimum absolute atomic E-state index is 0.560. The first-order valence-corrected chi connectivity index (χ1v) is 4.60. The summed E-state index contributed by atoms with van der Waals surface area (Å²) in [6.45, 7) is 2.18. The summed E-state index contributed by atoms with van der Waals surface area (Å²) in [4.78, 5) is 0. The van der Waals surface area contributed by atoms with Crippen LogP contribution in [0.3, 0.4) is 0 Å². The SMILES string of the molecule is NCCOc1ccc2c(c1)NCC2. The van der Waals surface area contributed by atoms with Crippen molar-refractivity contribution in [2.45, 2.75) is 6.42 Å². The van der Waals surface area contributed by atoms with Gasteiger partial charge < -0.3 is 15.8 Å². The van der Waals surface area contributed by atoms with Gasteiger partial charge in [-0.3, -0.25) is 0 Å². The molecule has 3 heteroatoms. The molecule has 1 heterocycles. The fourth-order valence-electron chi connectivity index (χ4n) is 1.54. The number of benzene rings is 1. The van der Waals surface area contributed by atoms with Crippen LogP contribution in [0.2, 0.25) is 0 Å². The number of nitrogens with two attached hydrogens (primary N) is 1. The van der Waals surface area contributed by atoms with E-state index in [0.717, 1.165) is 18.7 Å². The summed E-state index contributed by atoms with van der Waals surface area (Å²) >= 11 is 0. The van der Waals surface area contributed by atoms with Crippen molar-refractivity contribution in [3.8, 4) is 5.75 Å². The number of nitrogens with one attached hydrogen (secondary N) is 1. The molecule has 1 aliphatic rings. The Bertz CT molecular complexity index is 299. The molecule has 3 N–H and O–H groups in total. The van der Waals surface area contributed by atoms with Crippen LogP contribution in [0.15, 0.2) is 18.2 Å². The Kier molecular flexibility index (Phi) is 2.36. The fourth-order valence-corrected chi connectivity index (χ4v) is 1.54. The second-order valence-corrected chi connectivity index (χ2v) is 3.13. The third kappa shape index (κ3) is 1.75. The molecule has 0 unspecified atom stereocenters. The Labute approximate surface area is 77.9 Å². The predicted molar refractivity (Wildman–Crippen MR) is 53.2 cm³/mol. The molecular formula is C10H14N2O. The van der Waals surface area contributed by atoms with E-state index < -0.39 is 0 Å². The molecule has 13 heavy (non-hydrogen) atoms. The van der Waals surface area contributed by atoms with Gasteiger partial charge in [0.05, 0.1) is 0 Å². The van der Waals surface area contributed by atoms with Crippen LogP contribution in [0, 0.1) is 0 Å². The lowest BCUT2D eigenvalue weighted by atomic mass is 10.1. The molecule has 70 valence electrons. The predicted octanol–water partition coefficient (Wildman–Crippen LogP) is 0.992. The lowest BCUT2D eigenvalue weighted by Crippen LogP contribution is -2.10. The molecule has 1 aliphatic heterocycles. The molecule has 1 aromatic carbocycles. The average molecular weight is 178 g/mol. The van der Waals surface area contributed by atoms with Gasteiger partial charge in [-0.05, 0) is 18.1 Å². The van der Waals surface area contributed by atoms with E-state index in [2.05, 4.69) is 11.4 Å². The summed E-state index contributed by atoms with van der Waals surface area (Å²) in [6.07, 6.45) is 1.12. The van der Waals surface area contributed by atoms with E-state index in [4.69, 9.17) is 10.5 Å². The van der Waals surface area contributed by atoms with Gasteiger partial charge in [-0.15, -0.1) is 0 Å². The molecule has 0 atom stereocenters. The summed E-state index contributed by atoms with van der Waals surface area (Å²) in [7, 11) is 0. The molecule has 0 aliphatic carbocycles. The Balaban J connectivity index is 2.12. The minimum atomic E-state index is 0.560. The van der Waals surface area contributed by atoms with Crippen molar-refractivity contribution in [1.82, 2.24) is 0 Å². The maximum absolute atomic E-state index is 5.42. The first kappa shape index (κ1) is 8.38. The number of hydrogen-bond donors (Lipinski definition) is 2. The van der Waals surface area contributed by atoms with E-state index in [1.165, 1.54) is 11.3 Å². The largest absolute Gasteiger partial charge is 0.492 e. The Morgan fingerprint density at radius 2 is 2.38 bits per heavy atom. The summed E-state index contributed by atoms with van der Waals surface area (Å²) in [5.74, 6) is 0.901. The van der Waals surface area contributed by atoms with Crippen LogP contribution in [0.1, 0.15) is 5.56 Å². The highest BCUT2D eigenvalue weighted by atomic mass is 16.5. The minimum Gasteiger partial charge on any atom is -0.492 e. The van der Waals surface area contributed by atoms with Crippen LogP contribution >= 0.6 is 0 Å². The summed E-state index contributed by atoms with van der Waals surface area (Å²) in [5, 5.41) is 3.31. The monoisotopic (exact) mass is 178 g/mol. The number of rotatable bonds is 3. The van der Waals surface area contributed by atoms with Gasteiger partial charge in [0.25, 0.3) is 0 Å². The van der Waals surface area contributed by atoms with Gasteiger partial charge in [0.15, 0.2) is 0 Å². The van der Waals surface area contributed by atoms with Crippen LogP contribution in [-0.4, -0.2) is 19.7 Å². The Hall–Kier alpha value is -1.22. The van der Waals surface area contributed by atoms with E-state index in [1.54, 1.807) is 0 Å². The van der Waals surface area contributed by atoms with Crippen molar-refractivity contribution in [3.05, 3.63) is 23.8 Å². The highest BCUT2D eigenvalue weighted by Gasteiger charge is 2.09. The maximum atomic E-state index is 5.42. The average Bonchev–Trinajstić information content (AvgIpc) is 2.61. The first-order valence-electron chi connectivity index (χ1n) is 4.60. The van der Waals surface area contributed by atoms with E-state index in [-0.39, 0.29) is 0 Å². The molecule has 0 radical (unpaired) electrons. The van der Waals surface area contributed by atoms with Gasteiger partial charge in [0, 0.05) is 24.8 Å². The molecular weight excluding hydrogens is 164 g/mol. The van der Waals surface area contributed by atoms with Gasteiger partial charge in [0.2, 0.25) is 0 Å². The van der Waals surface area contributed by atoms with Crippen molar-refractivity contribution < 1.29 is 4.74 Å². The third-order valence-electron chi connectivity index (χ3n) is 2.18. The van der Waals surface area contributed by atoms with Gasteiger partial charge in [-0.2, -0.15) is 0 Å². The lowest BCUT2D eigenvalue weighted by molar-refractivity contribution is 0.328. The van der Waals surface area contributed by atoms with Crippen molar-refractivity contribution in [1.29, 1.82) is 0 Å². The van der Waals surface area contributed by atoms with Gasteiger partial charge in [-0.25, -0.2) is 0 Å². The molecule has 0 spiro atoms. The highest BCUT2D eigenvalue weighted by molar-refractivity contribution is 5.58. The van der Waals surface area contributed by atoms with Gasteiger partial charge in [0.1, 0.15) is 12.4 Å². The van der Waals surface area contributed by atoms with Crippen LogP contribution in [0.5, 0.6) is 5.75 Å². The molecule has 1 aromatic rings. The zero-order chi connectivity index (χ0) is 9.10. The normalized spacial score (nSPS) is 13.6. The van der Waals surface area contributed by atoms with E-state index in [0.29, 0.717) is 13.2 Å². The zero-order valence-corrected chi connectivity index (χ0v) is 7.55. The smallest absolute Gasteiger partial charge is 0.121 e. The van der Waals surface area contributed by atoms with E-state index >= 15 is 0 Å². The Morgan fingerprint density at radius 1 is 1.46 bits per heavy atom. The van der Waals surface area contributed by atoms with Crippen molar-refractivity contribution in [2.75, 3.05) is 25.0 Å². The van der Waals surface area contributed by atoms with Crippen LogP contribution in [0.4, 0.5) is 5.69 Å². The molecule has 3 nitrogen and oxygen atoms in total. The van der Waals surface area contributed by atoms with E-state index in [1.807, 2.05) is 12.1 Å². The van der Waals surface area contributed by atoms with Crippen LogP contribution in [-0.2, 0) is 6.42 Å². The van der Waals surface area contributed by atoms with Crippen LogP contribution < -0.4 is 15.8 Å². The third-order valence-corrected chi connectivity index (χ3v) is 2.18. The number of fused-ring (bicyclic) bond motifs is 1. The van der Waals surface area contributed by atoms with Crippen molar-refractivity contribution in [3.63, 3.8) is 0 Å². The maximum Gasteiger partial charge on any atom is 0.121 e. The topological polar surface area (TPSA) is 47.3 Å². The standard InChI is InChI=1S/C10H14N2O/c11-4-6-13-9-2-1-8-3-5-12-10(8)7-9/h1-2,7,12H,3-6,11H2. The summed E-state index contributed by atoms with van der Waals surface area (Å²) < 4.78 is 5.42. The first-order chi connectivity index (χ1) is 6.40. The number of ether oxygens (including phenoxy) is 1. The molecule has 0 amide bonds. The van der Waals surface area contributed by atoms with Crippen molar-refractivity contribution in [2.24, 2.45) is 5.73 Å². The molecule has 2 rings (SSSR count). The quantitative estimate of drug-likeness (QED) is 0.725. The molecule has 0 fully saturated rings. The van der Waals surface area contributed by atoms with Crippen molar-refractivity contribution >= 4 is 5.69 Å².